The van der Waals surface area contributed by atoms with Gasteiger partial charge >= 0.3 is 0 Å². The second-order valence-electron chi connectivity index (χ2n) is 8.02. The van der Waals surface area contributed by atoms with Crippen LogP contribution in [0.1, 0.15) is 36.8 Å². The number of aromatic nitrogens is 1. The molecule has 8 heteroatoms. The van der Waals surface area contributed by atoms with Crippen LogP contribution in [0, 0.1) is 6.92 Å². The number of nitrogens with zero attached hydrogens (tertiary/aromatic N) is 3. The fourth-order valence-electron chi connectivity index (χ4n) is 4.13. The van der Waals surface area contributed by atoms with E-state index in [0.717, 1.165) is 30.0 Å². The molecule has 1 N–H and O–H groups in total. The molecule has 1 aromatic carbocycles. The predicted octanol–water partition coefficient (Wildman–Crippen LogP) is 2.46. The Morgan fingerprint density at radius 3 is 2.57 bits per heavy atom. The highest BCUT2D eigenvalue weighted by Gasteiger charge is 2.39. The number of anilines is 1. The maximum absolute atomic E-state index is 13.1. The van der Waals surface area contributed by atoms with E-state index < -0.39 is 16.1 Å². The molecule has 0 saturated carbocycles. The van der Waals surface area contributed by atoms with Gasteiger partial charge in [0.15, 0.2) is 0 Å². The molecule has 2 aliphatic rings. The highest BCUT2D eigenvalue weighted by molar-refractivity contribution is 7.89. The topological polar surface area (TPSA) is 82.6 Å². The van der Waals surface area contributed by atoms with Gasteiger partial charge in [0.1, 0.15) is 11.9 Å². The lowest BCUT2D eigenvalue weighted by atomic mass is 10.2. The number of benzene rings is 1. The zero-order valence-electron chi connectivity index (χ0n) is 17.3. The summed E-state index contributed by atoms with van der Waals surface area (Å²) in [5.41, 5.74) is 1.96. The second-order valence-corrected chi connectivity index (χ2v) is 9.91. The van der Waals surface area contributed by atoms with E-state index in [1.807, 2.05) is 19.1 Å². The van der Waals surface area contributed by atoms with Crippen LogP contribution in [-0.2, 0) is 21.4 Å². The first-order valence-corrected chi connectivity index (χ1v) is 12.0. The summed E-state index contributed by atoms with van der Waals surface area (Å²) in [4.78, 5) is 19.8. The minimum Gasteiger partial charge on any atom is -0.357 e. The monoisotopic (exact) mass is 428 g/mol. The normalized spacial score (nSPS) is 19.9. The first-order valence-electron chi connectivity index (χ1n) is 10.5. The summed E-state index contributed by atoms with van der Waals surface area (Å²) in [5.74, 6) is 0.686. The maximum Gasteiger partial charge on any atom is 0.243 e. The van der Waals surface area contributed by atoms with Gasteiger partial charge in [-0.3, -0.25) is 4.79 Å². The summed E-state index contributed by atoms with van der Waals surface area (Å²) in [7, 11) is -3.69. The number of sulfonamides is 1. The Balaban J connectivity index is 1.43. The summed E-state index contributed by atoms with van der Waals surface area (Å²) in [6, 6.07) is 9.98. The quantitative estimate of drug-likeness (QED) is 0.764. The van der Waals surface area contributed by atoms with Gasteiger partial charge in [0.2, 0.25) is 15.9 Å². The van der Waals surface area contributed by atoms with E-state index in [4.69, 9.17) is 0 Å². The van der Waals surface area contributed by atoms with Crippen LogP contribution in [0.5, 0.6) is 0 Å². The lowest BCUT2D eigenvalue weighted by Crippen LogP contribution is -2.45. The van der Waals surface area contributed by atoms with Crippen LogP contribution < -0.4 is 10.2 Å². The van der Waals surface area contributed by atoms with E-state index >= 15 is 0 Å². The third kappa shape index (κ3) is 4.34. The number of aryl methyl sites for hydroxylation is 1. The molecule has 2 aliphatic heterocycles. The van der Waals surface area contributed by atoms with Gasteiger partial charge in [0.05, 0.1) is 4.90 Å². The van der Waals surface area contributed by atoms with Crippen molar-refractivity contribution in [2.75, 3.05) is 24.5 Å². The molecule has 0 radical (unpaired) electrons. The standard InChI is InChI=1S/C22H28N4O3S/c1-17-6-8-19(9-7-17)30(28,29)26-14-4-5-20(26)22(27)24-16-18-10-11-23-21(15-18)25-12-2-3-13-25/h6-11,15,20H,2-5,12-14,16H2,1H3,(H,24,27)/t20-/m1/s1. The molecular weight excluding hydrogens is 400 g/mol. The van der Waals surface area contributed by atoms with Crippen LogP contribution in [0.2, 0.25) is 0 Å². The van der Waals surface area contributed by atoms with E-state index in [0.29, 0.717) is 25.9 Å². The molecular formula is C22H28N4O3S. The highest BCUT2D eigenvalue weighted by atomic mass is 32.2. The Morgan fingerprint density at radius 1 is 1.10 bits per heavy atom. The third-order valence-electron chi connectivity index (χ3n) is 5.84. The molecule has 0 spiro atoms. The lowest BCUT2D eigenvalue weighted by molar-refractivity contribution is -0.124. The fourth-order valence-corrected chi connectivity index (χ4v) is 5.79. The van der Waals surface area contributed by atoms with Crippen molar-refractivity contribution in [2.45, 2.75) is 50.1 Å². The number of carbonyl (C=O) groups is 1. The van der Waals surface area contributed by atoms with Gasteiger partial charge in [0, 0.05) is 32.4 Å². The van der Waals surface area contributed by atoms with Crippen LogP contribution in [0.25, 0.3) is 0 Å². The van der Waals surface area contributed by atoms with Crippen LogP contribution >= 0.6 is 0 Å². The van der Waals surface area contributed by atoms with E-state index in [9.17, 15) is 13.2 Å². The van der Waals surface area contributed by atoms with E-state index in [1.54, 1.807) is 30.5 Å². The average molecular weight is 429 g/mol. The van der Waals surface area contributed by atoms with Crippen molar-refractivity contribution in [1.82, 2.24) is 14.6 Å². The lowest BCUT2D eigenvalue weighted by Gasteiger charge is -2.23. The molecule has 160 valence electrons. The Labute approximate surface area is 178 Å². The van der Waals surface area contributed by atoms with Crippen molar-refractivity contribution in [3.63, 3.8) is 0 Å². The molecule has 7 nitrogen and oxygen atoms in total. The molecule has 2 saturated heterocycles. The van der Waals surface area contributed by atoms with Crippen LogP contribution in [0.3, 0.4) is 0 Å². The maximum atomic E-state index is 13.1. The summed E-state index contributed by atoms with van der Waals surface area (Å²) in [6.45, 7) is 4.66. The van der Waals surface area contributed by atoms with E-state index in [-0.39, 0.29) is 10.8 Å². The summed E-state index contributed by atoms with van der Waals surface area (Å²) in [6.07, 6.45) is 5.33. The molecule has 0 aliphatic carbocycles. The fraction of sp³-hybridized carbons (Fsp3) is 0.455. The predicted molar refractivity (Wildman–Crippen MR) is 116 cm³/mol. The molecule has 2 aromatic rings. The van der Waals surface area contributed by atoms with E-state index in [2.05, 4.69) is 15.2 Å². The number of amides is 1. The Kier molecular flexibility index (Phi) is 6.06. The van der Waals surface area contributed by atoms with Crippen LogP contribution in [-0.4, -0.2) is 49.3 Å². The molecule has 1 atom stereocenters. The number of nitrogens with one attached hydrogen (secondary N) is 1. The third-order valence-corrected chi connectivity index (χ3v) is 7.76. The molecule has 1 aromatic heterocycles. The van der Waals surface area contributed by atoms with Crippen molar-refractivity contribution in [2.24, 2.45) is 0 Å². The minimum absolute atomic E-state index is 0.234. The van der Waals surface area contributed by atoms with Crippen molar-refractivity contribution < 1.29 is 13.2 Å². The van der Waals surface area contributed by atoms with Gasteiger partial charge in [-0.05, 0) is 62.4 Å². The number of pyridine rings is 1. The molecule has 0 unspecified atom stereocenters. The van der Waals surface area contributed by atoms with Crippen molar-refractivity contribution in [3.8, 4) is 0 Å². The molecule has 3 heterocycles. The van der Waals surface area contributed by atoms with Gasteiger partial charge in [-0.25, -0.2) is 13.4 Å². The zero-order chi connectivity index (χ0) is 21.1. The molecule has 2 fully saturated rings. The largest absolute Gasteiger partial charge is 0.357 e. The number of rotatable bonds is 6. The summed E-state index contributed by atoms with van der Waals surface area (Å²) in [5, 5.41) is 2.93. The second kappa shape index (κ2) is 8.73. The van der Waals surface area contributed by atoms with Gasteiger partial charge < -0.3 is 10.2 Å². The van der Waals surface area contributed by atoms with Crippen molar-refractivity contribution in [1.29, 1.82) is 0 Å². The average Bonchev–Trinajstić information content (AvgIpc) is 3.45. The molecule has 4 rings (SSSR count). The number of hydrogen-bond donors (Lipinski definition) is 1. The summed E-state index contributed by atoms with van der Waals surface area (Å²) >= 11 is 0. The molecule has 0 bridgehead atoms. The smallest absolute Gasteiger partial charge is 0.243 e. The van der Waals surface area contributed by atoms with Gasteiger partial charge in [0.25, 0.3) is 0 Å². The first-order chi connectivity index (χ1) is 14.4. The van der Waals surface area contributed by atoms with Gasteiger partial charge in [-0.2, -0.15) is 4.31 Å². The zero-order valence-corrected chi connectivity index (χ0v) is 18.1. The number of carbonyl (C=O) groups excluding carboxylic acids is 1. The Hall–Kier alpha value is -2.45. The summed E-state index contributed by atoms with van der Waals surface area (Å²) < 4.78 is 27.5. The SMILES string of the molecule is Cc1ccc(S(=O)(=O)N2CCC[C@@H]2C(=O)NCc2ccnc(N3CCCC3)c2)cc1. The Bertz CT molecular complexity index is 1000. The van der Waals surface area contributed by atoms with Gasteiger partial charge in [-0.1, -0.05) is 17.7 Å². The van der Waals surface area contributed by atoms with Crippen molar-refractivity contribution in [3.05, 3.63) is 53.7 Å². The van der Waals surface area contributed by atoms with Crippen LogP contribution in [0.4, 0.5) is 5.82 Å². The Morgan fingerprint density at radius 2 is 1.83 bits per heavy atom. The molecule has 1 amide bonds. The first kappa shape index (κ1) is 20.8. The van der Waals surface area contributed by atoms with Crippen LogP contribution in [0.15, 0.2) is 47.5 Å². The highest BCUT2D eigenvalue weighted by Crippen LogP contribution is 2.26. The minimum atomic E-state index is -3.69. The number of hydrogen-bond acceptors (Lipinski definition) is 5. The van der Waals surface area contributed by atoms with Gasteiger partial charge in [-0.15, -0.1) is 0 Å². The molecule has 30 heavy (non-hydrogen) atoms. The van der Waals surface area contributed by atoms with E-state index in [1.165, 1.54) is 17.1 Å². The van der Waals surface area contributed by atoms with Crippen molar-refractivity contribution >= 4 is 21.7 Å².